The van der Waals surface area contributed by atoms with Crippen LogP contribution in [-0.2, 0) is 16.1 Å². The normalized spacial score (nSPS) is 20.6. The van der Waals surface area contributed by atoms with E-state index in [1.54, 1.807) is 14.0 Å². The first-order chi connectivity index (χ1) is 17.2. The highest BCUT2D eigenvalue weighted by Crippen LogP contribution is 2.37. The minimum Gasteiger partial charge on any atom is -0.338 e. The molecule has 1 amide bonds. The highest BCUT2D eigenvalue weighted by molar-refractivity contribution is 6.35. The summed E-state index contributed by atoms with van der Waals surface area (Å²) >= 11 is 6.80. The zero-order valence-electron chi connectivity index (χ0n) is 22.1. The number of rotatable bonds is 9. The molecule has 1 aromatic heterocycles. The molecule has 2 aromatic rings. The summed E-state index contributed by atoms with van der Waals surface area (Å²) in [5.74, 6) is 0.183. The van der Waals surface area contributed by atoms with E-state index in [0.29, 0.717) is 30.2 Å². The molecule has 6 nitrogen and oxygen atoms in total. The van der Waals surface area contributed by atoms with Crippen molar-refractivity contribution in [3.05, 3.63) is 34.5 Å². The molecule has 1 aromatic carbocycles. The fourth-order valence-electron chi connectivity index (χ4n) is 6.24. The summed E-state index contributed by atoms with van der Waals surface area (Å²) in [5.41, 5.74) is 2.56. The van der Waals surface area contributed by atoms with Gasteiger partial charge in [0.2, 0.25) is 5.91 Å². The lowest BCUT2D eigenvalue weighted by Gasteiger charge is -2.35. The van der Waals surface area contributed by atoms with Gasteiger partial charge in [-0.05, 0) is 71.6 Å². The summed E-state index contributed by atoms with van der Waals surface area (Å²) < 4.78 is 2.01. The number of likely N-dealkylation sites (N-methyl/N-ethyl adjacent to an activating group) is 1. The highest BCUT2D eigenvalue weighted by atomic mass is 35.5. The molecule has 1 aliphatic carbocycles. The lowest BCUT2D eigenvalue weighted by atomic mass is 9.76. The zero-order valence-corrected chi connectivity index (χ0v) is 22.9. The fraction of sp³-hybridized carbons (Fsp3) is 0.621. The van der Waals surface area contributed by atoms with E-state index in [0.717, 1.165) is 55.0 Å². The van der Waals surface area contributed by atoms with Crippen molar-refractivity contribution in [2.75, 3.05) is 13.6 Å². The number of nitrogens with zero attached hydrogens (tertiary/aromatic N) is 2. The van der Waals surface area contributed by atoms with Gasteiger partial charge in [0.05, 0.1) is 17.1 Å². The Bertz CT molecular complexity index is 1130. The Morgan fingerprint density at radius 3 is 2.50 bits per heavy atom. The number of amides is 1. The number of hydrogen-bond acceptors (Lipinski definition) is 4. The molecule has 2 fully saturated rings. The molecule has 2 aliphatic rings. The van der Waals surface area contributed by atoms with E-state index >= 15 is 0 Å². The molecule has 1 saturated heterocycles. The summed E-state index contributed by atoms with van der Waals surface area (Å²) in [5, 5.41) is 4.36. The van der Waals surface area contributed by atoms with E-state index in [9.17, 15) is 14.4 Å². The molecular weight excluding hydrogens is 474 g/mol. The van der Waals surface area contributed by atoms with Crippen LogP contribution in [0.5, 0.6) is 0 Å². The molecule has 196 valence electrons. The summed E-state index contributed by atoms with van der Waals surface area (Å²) in [7, 11) is 1.79. The van der Waals surface area contributed by atoms with E-state index < -0.39 is 0 Å². The number of carbonyl (C=O) groups excluding carboxylic acids is 3. The third-order valence-electron chi connectivity index (χ3n) is 8.43. The number of ketones is 2. The smallest absolute Gasteiger partial charge is 0.226 e. The second-order valence-corrected chi connectivity index (χ2v) is 11.2. The monoisotopic (exact) mass is 513 g/mol. The van der Waals surface area contributed by atoms with Gasteiger partial charge in [-0.25, -0.2) is 0 Å². The second kappa shape index (κ2) is 11.5. The van der Waals surface area contributed by atoms with Gasteiger partial charge in [-0.2, -0.15) is 0 Å². The van der Waals surface area contributed by atoms with Crippen LogP contribution in [0.2, 0.25) is 5.15 Å². The maximum absolute atomic E-state index is 14.1. The minimum atomic E-state index is -0.262. The van der Waals surface area contributed by atoms with E-state index in [-0.39, 0.29) is 41.4 Å². The van der Waals surface area contributed by atoms with Gasteiger partial charge in [-0.1, -0.05) is 42.5 Å². The minimum absolute atomic E-state index is 0.00497. The van der Waals surface area contributed by atoms with Crippen molar-refractivity contribution in [1.29, 1.82) is 0 Å². The maximum Gasteiger partial charge on any atom is 0.226 e. The van der Waals surface area contributed by atoms with Crippen molar-refractivity contribution in [3.63, 3.8) is 0 Å². The van der Waals surface area contributed by atoms with Crippen molar-refractivity contribution < 1.29 is 14.4 Å². The van der Waals surface area contributed by atoms with Crippen molar-refractivity contribution in [1.82, 2.24) is 14.8 Å². The average molecular weight is 514 g/mol. The SMILES string of the molecule is CN[C@@H](C)C(=O)C[C@H](C(=O)N1CCC[C@H]1Cn1c(Cl)c(C(C)=O)c2cc(C)ccc21)C1CCCCC1. The van der Waals surface area contributed by atoms with Crippen molar-refractivity contribution in [3.8, 4) is 0 Å². The molecule has 4 rings (SSSR count). The van der Waals surface area contributed by atoms with Crippen LogP contribution >= 0.6 is 11.6 Å². The number of Topliss-reactive ketones (excluding diaryl/α,β-unsaturated/α-hetero) is 2. The van der Waals surface area contributed by atoms with Crippen LogP contribution in [0.4, 0.5) is 0 Å². The van der Waals surface area contributed by atoms with Gasteiger partial charge in [0, 0.05) is 36.9 Å². The van der Waals surface area contributed by atoms with Gasteiger partial charge in [-0.15, -0.1) is 0 Å². The topological polar surface area (TPSA) is 71.4 Å². The molecule has 0 spiro atoms. The van der Waals surface area contributed by atoms with Gasteiger partial charge in [-0.3, -0.25) is 14.4 Å². The zero-order chi connectivity index (χ0) is 26.0. The van der Waals surface area contributed by atoms with Crippen molar-refractivity contribution in [2.24, 2.45) is 11.8 Å². The number of likely N-dealkylation sites (tertiary alicyclic amines) is 1. The molecule has 2 heterocycles. The molecule has 1 N–H and O–H groups in total. The van der Waals surface area contributed by atoms with Crippen LogP contribution in [0.1, 0.15) is 81.1 Å². The van der Waals surface area contributed by atoms with Gasteiger partial charge in [0.1, 0.15) is 10.9 Å². The fourth-order valence-corrected chi connectivity index (χ4v) is 6.63. The molecule has 0 unspecified atom stereocenters. The molecule has 0 bridgehead atoms. The molecule has 36 heavy (non-hydrogen) atoms. The Hall–Kier alpha value is -2.18. The lowest BCUT2D eigenvalue weighted by Crippen LogP contribution is -2.45. The molecule has 3 atom stereocenters. The predicted molar refractivity (Wildman–Crippen MR) is 145 cm³/mol. The quantitative estimate of drug-likeness (QED) is 0.445. The van der Waals surface area contributed by atoms with Crippen molar-refractivity contribution >= 4 is 40.0 Å². The highest BCUT2D eigenvalue weighted by Gasteiger charge is 2.39. The Labute approximate surface area is 219 Å². The summed E-state index contributed by atoms with van der Waals surface area (Å²) in [6.07, 6.45) is 7.64. The average Bonchev–Trinajstić information content (AvgIpc) is 3.44. The standard InChI is InChI=1S/C29H40ClN3O3/c1-18-12-13-25-24(15-18)27(20(3)34)28(30)33(25)17-22-11-8-14-32(22)29(36)23(16-26(35)19(2)31-4)21-9-6-5-7-10-21/h12-13,15,19,21-23,31H,5-11,14,16-17H2,1-4H3/t19-,22-,23-/m0/s1. The number of nitrogens with one attached hydrogen (secondary N) is 1. The number of fused-ring (bicyclic) bond motifs is 1. The third kappa shape index (κ3) is 5.40. The predicted octanol–water partition coefficient (Wildman–Crippen LogP) is 5.56. The van der Waals surface area contributed by atoms with Gasteiger partial charge in [0.25, 0.3) is 0 Å². The van der Waals surface area contributed by atoms with Crippen molar-refractivity contribution in [2.45, 2.75) is 90.8 Å². The Kier molecular flexibility index (Phi) is 8.56. The summed E-state index contributed by atoms with van der Waals surface area (Å²) in [6, 6.07) is 5.81. The molecule has 0 radical (unpaired) electrons. The van der Waals surface area contributed by atoms with E-state index in [4.69, 9.17) is 11.6 Å². The number of benzene rings is 1. The van der Waals surface area contributed by atoms with E-state index in [1.807, 2.05) is 41.5 Å². The summed E-state index contributed by atoms with van der Waals surface area (Å²) in [4.78, 5) is 41.4. The van der Waals surface area contributed by atoms with Gasteiger partial charge >= 0.3 is 0 Å². The molecule has 7 heteroatoms. The second-order valence-electron chi connectivity index (χ2n) is 10.9. The van der Waals surface area contributed by atoms with Crippen LogP contribution in [0.3, 0.4) is 0 Å². The van der Waals surface area contributed by atoms with E-state index in [2.05, 4.69) is 5.32 Å². The molecule has 1 saturated carbocycles. The largest absolute Gasteiger partial charge is 0.338 e. The Balaban J connectivity index is 1.62. The van der Waals surface area contributed by atoms with Crippen LogP contribution < -0.4 is 5.32 Å². The first-order valence-electron chi connectivity index (χ1n) is 13.5. The summed E-state index contributed by atoms with van der Waals surface area (Å²) in [6.45, 7) is 6.69. The molecule has 1 aliphatic heterocycles. The number of halogens is 1. The first-order valence-corrected chi connectivity index (χ1v) is 13.9. The van der Waals surface area contributed by atoms with Crippen LogP contribution in [0, 0.1) is 18.8 Å². The number of aryl methyl sites for hydroxylation is 1. The maximum atomic E-state index is 14.1. The van der Waals surface area contributed by atoms with Crippen LogP contribution in [0.25, 0.3) is 10.9 Å². The van der Waals surface area contributed by atoms with Gasteiger partial charge < -0.3 is 14.8 Å². The number of hydrogen-bond donors (Lipinski definition) is 1. The van der Waals surface area contributed by atoms with Gasteiger partial charge in [0.15, 0.2) is 5.78 Å². The number of carbonyl (C=O) groups is 3. The Morgan fingerprint density at radius 2 is 1.83 bits per heavy atom. The Morgan fingerprint density at radius 1 is 1.11 bits per heavy atom. The van der Waals surface area contributed by atoms with Crippen LogP contribution in [0.15, 0.2) is 18.2 Å². The molecular formula is C29H40ClN3O3. The van der Waals surface area contributed by atoms with Crippen LogP contribution in [-0.4, -0.2) is 52.6 Å². The first kappa shape index (κ1) is 26.9. The third-order valence-corrected chi connectivity index (χ3v) is 8.83. The lowest BCUT2D eigenvalue weighted by molar-refractivity contribution is -0.141. The number of aromatic nitrogens is 1. The van der Waals surface area contributed by atoms with E-state index in [1.165, 1.54) is 6.42 Å².